The number of aliphatic hydroxyl groups is 1. The lowest BCUT2D eigenvalue weighted by Gasteiger charge is -2.36. The first-order valence-electron chi connectivity index (χ1n) is 12.3. The predicted octanol–water partition coefficient (Wildman–Crippen LogP) is 2.09. The maximum absolute atomic E-state index is 14.2. The van der Waals surface area contributed by atoms with Crippen molar-refractivity contribution in [1.29, 1.82) is 0 Å². The Balaban J connectivity index is 1.78. The zero-order valence-electron chi connectivity index (χ0n) is 20.9. The Morgan fingerprint density at radius 3 is 2.56 bits per heavy atom. The molecule has 0 saturated carbocycles. The van der Waals surface area contributed by atoms with Crippen LogP contribution in [0.25, 0.3) is 0 Å². The van der Waals surface area contributed by atoms with Gasteiger partial charge in [-0.05, 0) is 43.5 Å². The molecule has 3 saturated heterocycles. The molecule has 1 spiro atoms. The Kier molecular flexibility index (Phi) is 7.24. The molecule has 194 valence electrons. The van der Waals surface area contributed by atoms with Gasteiger partial charge >= 0.3 is 5.97 Å². The van der Waals surface area contributed by atoms with Crippen molar-refractivity contribution in [1.82, 2.24) is 4.90 Å². The molecule has 3 aliphatic rings. The molecule has 1 aromatic carbocycles. The molecule has 5 atom stereocenters. The number of fused-ring (bicyclic) bond motifs is 1. The first kappa shape index (κ1) is 25.9. The van der Waals surface area contributed by atoms with E-state index in [4.69, 9.17) is 14.2 Å². The van der Waals surface area contributed by atoms with E-state index in [1.165, 1.54) is 11.0 Å². The van der Waals surface area contributed by atoms with Crippen molar-refractivity contribution in [3.63, 3.8) is 0 Å². The van der Waals surface area contributed by atoms with E-state index < -0.39 is 35.0 Å². The number of methoxy groups -OCH3 is 1. The number of esters is 1. The smallest absolute Gasteiger partial charge is 0.313 e. The zero-order valence-corrected chi connectivity index (χ0v) is 20.9. The number of amides is 2. The second-order valence-electron chi connectivity index (χ2n) is 9.44. The Hall–Kier alpha value is -3.17. The molecule has 2 unspecified atom stereocenters. The van der Waals surface area contributed by atoms with Gasteiger partial charge in [-0.25, -0.2) is 0 Å². The van der Waals surface area contributed by atoms with Crippen LogP contribution in [-0.2, 0) is 23.9 Å². The first-order chi connectivity index (χ1) is 17.3. The van der Waals surface area contributed by atoms with Crippen LogP contribution >= 0.6 is 0 Å². The van der Waals surface area contributed by atoms with E-state index in [-0.39, 0.29) is 38.1 Å². The highest BCUT2D eigenvalue weighted by atomic mass is 16.6. The molecule has 3 fully saturated rings. The number of nitrogens with zero attached hydrogens (tertiary/aromatic N) is 2. The summed E-state index contributed by atoms with van der Waals surface area (Å²) in [5, 5.41) is 9.79. The van der Waals surface area contributed by atoms with E-state index in [1.807, 2.05) is 6.92 Å². The third kappa shape index (κ3) is 3.81. The molecule has 4 rings (SSSR count). The number of rotatable bonds is 11. The Morgan fingerprint density at radius 2 is 1.97 bits per heavy atom. The number of hydrogen-bond acceptors (Lipinski definition) is 7. The number of carbonyl (C=O) groups is 3. The molecule has 3 aliphatic heterocycles. The average molecular weight is 499 g/mol. The molecule has 3 heterocycles. The zero-order chi connectivity index (χ0) is 26.1. The molecule has 2 amide bonds. The molecule has 1 aromatic rings. The molecule has 0 aliphatic carbocycles. The number of β-amino-alcohol motifs (C(OH)–C–C–N with tert-alkyl or cyclic N) is 1. The van der Waals surface area contributed by atoms with Crippen molar-refractivity contribution in [2.24, 2.45) is 11.8 Å². The number of benzene rings is 1. The second-order valence-corrected chi connectivity index (χ2v) is 9.44. The fourth-order valence-electron chi connectivity index (χ4n) is 6.30. The topological polar surface area (TPSA) is 106 Å². The second kappa shape index (κ2) is 10.1. The van der Waals surface area contributed by atoms with Gasteiger partial charge in [-0.2, -0.15) is 0 Å². The van der Waals surface area contributed by atoms with Crippen LogP contribution in [-0.4, -0.2) is 78.4 Å². The van der Waals surface area contributed by atoms with Gasteiger partial charge in [0.2, 0.25) is 5.91 Å². The summed E-state index contributed by atoms with van der Waals surface area (Å²) < 4.78 is 17.3. The van der Waals surface area contributed by atoms with Gasteiger partial charge in [0.15, 0.2) is 0 Å². The van der Waals surface area contributed by atoms with E-state index in [9.17, 15) is 19.5 Å². The predicted molar refractivity (Wildman–Crippen MR) is 132 cm³/mol. The van der Waals surface area contributed by atoms with Crippen molar-refractivity contribution in [2.45, 2.75) is 43.4 Å². The fraction of sp³-hybridized carbons (Fsp3) is 0.519. The van der Waals surface area contributed by atoms with Crippen LogP contribution in [0.2, 0.25) is 0 Å². The molecule has 9 heteroatoms. The van der Waals surface area contributed by atoms with E-state index in [0.29, 0.717) is 30.7 Å². The van der Waals surface area contributed by atoms with Gasteiger partial charge in [0.25, 0.3) is 5.91 Å². The molecule has 9 nitrogen and oxygen atoms in total. The first-order valence-corrected chi connectivity index (χ1v) is 12.3. The van der Waals surface area contributed by atoms with Gasteiger partial charge < -0.3 is 29.1 Å². The summed E-state index contributed by atoms with van der Waals surface area (Å²) in [6, 6.07) is 6.02. The van der Waals surface area contributed by atoms with E-state index in [1.54, 1.807) is 42.4 Å². The summed E-state index contributed by atoms with van der Waals surface area (Å²) >= 11 is 0. The molecule has 1 N–H and O–H groups in total. The number of hydrogen-bond donors (Lipinski definition) is 1. The fourth-order valence-corrected chi connectivity index (χ4v) is 6.30. The maximum Gasteiger partial charge on any atom is 0.313 e. The average Bonchev–Trinajstić information content (AvgIpc) is 3.49. The minimum absolute atomic E-state index is 0.0241. The summed E-state index contributed by atoms with van der Waals surface area (Å²) in [6.07, 6.45) is 4.57. The van der Waals surface area contributed by atoms with E-state index in [2.05, 4.69) is 13.2 Å². The minimum Gasteiger partial charge on any atom is -0.497 e. The highest BCUT2D eigenvalue weighted by Crippen LogP contribution is 2.64. The normalized spacial score (nSPS) is 30.1. The lowest BCUT2D eigenvalue weighted by Crippen LogP contribution is -2.56. The SMILES string of the molecule is C=CCOC(=O)[C@@H]1[C@H]2C(=O)N(CCO)C(C(=O)N(CC=C)c3ccc(OC)cc3)C23CC[C@@]1(CC)O3. The van der Waals surface area contributed by atoms with Crippen molar-refractivity contribution in [3.05, 3.63) is 49.6 Å². The van der Waals surface area contributed by atoms with Gasteiger partial charge in [-0.15, -0.1) is 6.58 Å². The van der Waals surface area contributed by atoms with Crippen LogP contribution in [0.1, 0.15) is 26.2 Å². The van der Waals surface area contributed by atoms with Crippen LogP contribution in [0.15, 0.2) is 49.6 Å². The lowest BCUT2D eigenvalue weighted by molar-refractivity contribution is -0.160. The lowest BCUT2D eigenvalue weighted by atomic mass is 9.65. The third-order valence-corrected chi connectivity index (χ3v) is 7.81. The van der Waals surface area contributed by atoms with Crippen LogP contribution in [0.4, 0.5) is 5.69 Å². The van der Waals surface area contributed by atoms with Crippen LogP contribution in [0.5, 0.6) is 5.75 Å². The van der Waals surface area contributed by atoms with Crippen LogP contribution < -0.4 is 9.64 Å². The monoisotopic (exact) mass is 498 g/mol. The molecule has 0 aromatic heterocycles. The van der Waals surface area contributed by atoms with Gasteiger partial charge in [0.05, 0.1) is 25.2 Å². The Bertz CT molecular complexity index is 1040. The Morgan fingerprint density at radius 1 is 1.25 bits per heavy atom. The number of carbonyl (C=O) groups excluding carboxylic acids is 3. The number of aliphatic hydroxyl groups excluding tert-OH is 1. The van der Waals surface area contributed by atoms with Crippen molar-refractivity contribution >= 4 is 23.5 Å². The maximum atomic E-state index is 14.2. The van der Waals surface area contributed by atoms with E-state index in [0.717, 1.165) is 0 Å². The molecular weight excluding hydrogens is 464 g/mol. The number of anilines is 1. The van der Waals surface area contributed by atoms with Crippen LogP contribution in [0.3, 0.4) is 0 Å². The standard InChI is InChI=1S/C27H34N2O7/c1-5-14-28(18-8-10-19(34-4)11-9-18)24(32)22-27-13-12-26(7-3,36-27)21(25(33)35-17-6-2)20(27)23(31)29(22)15-16-30/h5-6,8-11,20-22,30H,1-2,7,12-17H2,3-4H3/t20-,21-,22?,26+,27?/m0/s1. The van der Waals surface area contributed by atoms with Crippen molar-refractivity contribution < 1.29 is 33.7 Å². The summed E-state index contributed by atoms with van der Waals surface area (Å²) in [6.45, 7) is 9.17. The van der Waals surface area contributed by atoms with Gasteiger partial charge in [-0.1, -0.05) is 25.7 Å². The van der Waals surface area contributed by atoms with Crippen molar-refractivity contribution in [2.75, 3.05) is 38.3 Å². The van der Waals surface area contributed by atoms with Crippen molar-refractivity contribution in [3.8, 4) is 5.75 Å². The largest absolute Gasteiger partial charge is 0.497 e. The van der Waals surface area contributed by atoms with E-state index >= 15 is 0 Å². The van der Waals surface area contributed by atoms with Gasteiger partial charge in [-0.3, -0.25) is 14.4 Å². The molecule has 36 heavy (non-hydrogen) atoms. The molecule has 0 radical (unpaired) electrons. The summed E-state index contributed by atoms with van der Waals surface area (Å²) in [5.41, 5.74) is -1.47. The highest BCUT2D eigenvalue weighted by molar-refractivity contribution is 6.04. The Labute approximate surface area is 211 Å². The van der Waals surface area contributed by atoms with Crippen LogP contribution in [0, 0.1) is 11.8 Å². The highest BCUT2D eigenvalue weighted by Gasteiger charge is 2.79. The molecular formula is C27H34N2O7. The number of ether oxygens (including phenoxy) is 3. The minimum atomic E-state index is -1.19. The quantitative estimate of drug-likeness (QED) is 0.368. The number of likely N-dealkylation sites (tertiary alicyclic amines) is 1. The summed E-state index contributed by atoms with van der Waals surface area (Å²) in [5.74, 6) is -2.30. The third-order valence-electron chi connectivity index (χ3n) is 7.81. The van der Waals surface area contributed by atoms with Gasteiger partial charge in [0, 0.05) is 18.8 Å². The van der Waals surface area contributed by atoms with Gasteiger partial charge in [0.1, 0.15) is 29.9 Å². The summed E-state index contributed by atoms with van der Waals surface area (Å²) in [7, 11) is 1.56. The summed E-state index contributed by atoms with van der Waals surface area (Å²) in [4.78, 5) is 44.2. The molecule has 2 bridgehead atoms.